The predicted octanol–water partition coefficient (Wildman–Crippen LogP) is -0.0544. The number of sulfonamides is 1. The maximum atomic E-state index is 12.4. The Balaban J connectivity index is 3.12. The highest BCUT2D eigenvalue weighted by atomic mass is 32.2. The minimum atomic E-state index is -3.72. The third-order valence-corrected chi connectivity index (χ3v) is 4.93. The summed E-state index contributed by atoms with van der Waals surface area (Å²) >= 11 is 0. The van der Waals surface area contributed by atoms with E-state index in [1.165, 1.54) is 10.4 Å². The van der Waals surface area contributed by atoms with Crippen LogP contribution in [-0.4, -0.2) is 43.0 Å². The van der Waals surface area contributed by atoms with Crippen molar-refractivity contribution < 1.29 is 17.9 Å². The van der Waals surface area contributed by atoms with Gasteiger partial charge < -0.3 is 9.30 Å². The van der Waals surface area contributed by atoms with Crippen molar-refractivity contribution in [3.63, 3.8) is 0 Å². The standard InChI is InChI=1S/C13H17N3O5S/c1-3-16(4-2)22(19,20)11-5-6-12(17)15(9-11)10-13(18)21-8-7-14/h5-6,9H,3-4,8,10H2,1-2H3. The zero-order valence-electron chi connectivity index (χ0n) is 12.4. The Labute approximate surface area is 128 Å². The molecular formula is C13H17N3O5S. The van der Waals surface area contributed by atoms with Crippen molar-refractivity contribution >= 4 is 16.0 Å². The van der Waals surface area contributed by atoms with E-state index in [1.807, 2.05) is 0 Å². The molecule has 0 radical (unpaired) electrons. The van der Waals surface area contributed by atoms with Crippen LogP contribution in [0.1, 0.15) is 13.8 Å². The topological polar surface area (TPSA) is 109 Å². The third-order valence-electron chi connectivity index (χ3n) is 2.90. The molecule has 0 unspecified atom stereocenters. The highest BCUT2D eigenvalue weighted by Gasteiger charge is 2.22. The summed E-state index contributed by atoms with van der Waals surface area (Å²) in [4.78, 5) is 23.1. The summed E-state index contributed by atoms with van der Waals surface area (Å²) in [5, 5.41) is 8.32. The van der Waals surface area contributed by atoms with Crippen LogP contribution in [0.5, 0.6) is 0 Å². The molecule has 9 heteroatoms. The lowest BCUT2D eigenvalue weighted by Crippen LogP contribution is -2.32. The van der Waals surface area contributed by atoms with Gasteiger partial charge in [-0.05, 0) is 6.07 Å². The van der Waals surface area contributed by atoms with Crippen LogP contribution in [0.4, 0.5) is 0 Å². The van der Waals surface area contributed by atoms with E-state index in [1.54, 1.807) is 19.9 Å². The second-order valence-corrected chi connectivity index (χ2v) is 6.18. The fourth-order valence-electron chi connectivity index (χ4n) is 1.80. The number of carbonyl (C=O) groups excluding carboxylic acids is 1. The molecule has 1 aromatic heterocycles. The first-order valence-electron chi connectivity index (χ1n) is 6.60. The van der Waals surface area contributed by atoms with Crippen LogP contribution in [0.3, 0.4) is 0 Å². The number of ether oxygens (including phenoxy) is 1. The molecule has 1 aromatic rings. The minimum absolute atomic E-state index is 0.0797. The molecule has 0 atom stereocenters. The van der Waals surface area contributed by atoms with E-state index >= 15 is 0 Å². The molecule has 0 aliphatic rings. The first kappa shape index (κ1) is 17.9. The van der Waals surface area contributed by atoms with Crippen LogP contribution in [0.25, 0.3) is 0 Å². The van der Waals surface area contributed by atoms with E-state index in [0.29, 0.717) is 13.1 Å². The van der Waals surface area contributed by atoms with Crippen molar-refractivity contribution in [2.75, 3.05) is 19.7 Å². The van der Waals surface area contributed by atoms with Crippen LogP contribution in [-0.2, 0) is 26.1 Å². The Morgan fingerprint density at radius 3 is 2.55 bits per heavy atom. The van der Waals surface area contributed by atoms with Crippen molar-refractivity contribution in [2.45, 2.75) is 25.3 Å². The van der Waals surface area contributed by atoms with Crippen molar-refractivity contribution in [3.8, 4) is 6.07 Å². The van der Waals surface area contributed by atoms with Crippen molar-refractivity contribution in [3.05, 3.63) is 28.7 Å². The van der Waals surface area contributed by atoms with Gasteiger partial charge in [-0.25, -0.2) is 8.42 Å². The van der Waals surface area contributed by atoms with Gasteiger partial charge in [-0.1, -0.05) is 13.8 Å². The largest absolute Gasteiger partial charge is 0.449 e. The van der Waals surface area contributed by atoms with Gasteiger partial charge in [-0.3, -0.25) is 9.59 Å². The zero-order chi connectivity index (χ0) is 16.8. The molecule has 0 fully saturated rings. The lowest BCUT2D eigenvalue weighted by Gasteiger charge is -2.18. The molecular weight excluding hydrogens is 310 g/mol. The van der Waals surface area contributed by atoms with E-state index in [4.69, 9.17) is 5.26 Å². The minimum Gasteiger partial charge on any atom is -0.449 e. The number of aromatic nitrogens is 1. The first-order chi connectivity index (χ1) is 10.4. The Hall–Kier alpha value is -2.18. The van der Waals surface area contributed by atoms with Crippen LogP contribution in [0.15, 0.2) is 28.0 Å². The van der Waals surface area contributed by atoms with Crippen LogP contribution >= 0.6 is 0 Å². The number of nitriles is 1. The molecule has 22 heavy (non-hydrogen) atoms. The molecule has 0 aromatic carbocycles. The van der Waals surface area contributed by atoms with Crippen LogP contribution in [0.2, 0.25) is 0 Å². The average Bonchev–Trinajstić information content (AvgIpc) is 2.48. The average molecular weight is 327 g/mol. The molecule has 0 N–H and O–H groups in total. The Morgan fingerprint density at radius 1 is 1.36 bits per heavy atom. The van der Waals surface area contributed by atoms with Gasteiger partial charge in [0.05, 0.1) is 4.90 Å². The molecule has 1 rings (SSSR count). The summed E-state index contributed by atoms with van der Waals surface area (Å²) in [5.74, 6) is -0.791. The molecule has 0 saturated carbocycles. The number of pyridine rings is 1. The summed E-state index contributed by atoms with van der Waals surface area (Å²) in [7, 11) is -3.72. The molecule has 0 bridgehead atoms. The Morgan fingerprint density at radius 2 is 2.00 bits per heavy atom. The van der Waals surface area contributed by atoms with E-state index in [0.717, 1.165) is 16.8 Å². The summed E-state index contributed by atoms with van der Waals surface area (Å²) < 4.78 is 31.5. The highest BCUT2D eigenvalue weighted by Crippen LogP contribution is 2.13. The lowest BCUT2D eigenvalue weighted by atomic mass is 10.4. The second kappa shape index (κ2) is 7.72. The monoisotopic (exact) mass is 327 g/mol. The predicted molar refractivity (Wildman–Crippen MR) is 77.4 cm³/mol. The van der Waals surface area contributed by atoms with Gasteiger partial charge in [0.15, 0.2) is 6.61 Å². The fraction of sp³-hybridized carbons (Fsp3) is 0.462. The zero-order valence-corrected chi connectivity index (χ0v) is 13.2. The van der Waals surface area contributed by atoms with Gasteiger partial charge in [0.25, 0.3) is 5.56 Å². The molecule has 120 valence electrons. The van der Waals surface area contributed by atoms with E-state index < -0.39 is 34.7 Å². The number of hydrogen-bond donors (Lipinski definition) is 0. The maximum absolute atomic E-state index is 12.4. The van der Waals surface area contributed by atoms with Gasteiger partial charge in [0.1, 0.15) is 12.6 Å². The number of carbonyl (C=O) groups is 1. The molecule has 0 aliphatic carbocycles. The van der Waals surface area contributed by atoms with E-state index in [9.17, 15) is 18.0 Å². The summed E-state index contributed by atoms with van der Waals surface area (Å²) in [6.45, 7) is 3.12. The molecule has 8 nitrogen and oxygen atoms in total. The molecule has 0 amide bonds. The van der Waals surface area contributed by atoms with Crippen molar-refractivity contribution in [1.82, 2.24) is 8.87 Å². The second-order valence-electron chi connectivity index (χ2n) is 4.24. The van der Waals surface area contributed by atoms with Gasteiger partial charge in [0.2, 0.25) is 10.0 Å². The molecule has 0 saturated heterocycles. The van der Waals surface area contributed by atoms with E-state index in [-0.39, 0.29) is 4.90 Å². The maximum Gasteiger partial charge on any atom is 0.327 e. The Bertz CT molecular complexity index is 729. The van der Waals surface area contributed by atoms with Crippen LogP contribution < -0.4 is 5.56 Å². The summed E-state index contributed by atoms with van der Waals surface area (Å²) in [6, 6.07) is 3.91. The highest BCUT2D eigenvalue weighted by molar-refractivity contribution is 7.89. The Kier molecular flexibility index (Phi) is 6.27. The number of rotatable bonds is 7. The SMILES string of the molecule is CCN(CC)S(=O)(=O)c1ccc(=O)n(CC(=O)OCC#N)c1. The normalized spacial score (nSPS) is 11.2. The quantitative estimate of drug-likeness (QED) is 0.649. The van der Waals surface area contributed by atoms with Gasteiger partial charge >= 0.3 is 5.97 Å². The molecule has 1 heterocycles. The van der Waals surface area contributed by atoms with Gasteiger partial charge in [-0.15, -0.1) is 0 Å². The first-order valence-corrected chi connectivity index (χ1v) is 8.04. The van der Waals surface area contributed by atoms with Crippen LogP contribution in [0, 0.1) is 11.3 Å². The van der Waals surface area contributed by atoms with Gasteiger partial charge in [0, 0.05) is 25.4 Å². The lowest BCUT2D eigenvalue weighted by molar-refractivity contribution is -0.143. The van der Waals surface area contributed by atoms with Gasteiger partial charge in [-0.2, -0.15) is 9.57 Å². The fourth-order valence-corrected chi connectivity index (χ4v) is 3.27. The number of nitrogens with zero attached hydrogens (tertiary/aromatic N) is 3. The molecule has 0 spiro atoms. The summed E-state index contributed by atoms with van der Waals surface area (Å²) in [6.07, 6.45) is 1.10. The number of hydrogen-bond acceptors (Lipinski definition) is 6. The van der Waals surface area contributed by atoms with E-state index in [2.05, 4.69) is 4.74 Å². The van der Waals surface area contributed by atoms with Crippen molar-refractivity contribution in [1.29, 1.82) is 5.26 Å². The molecule has 0 aliphatic heterocycles. The smallest absolute Gasteiger partial charge is 0.327 e. The van der Waals surface area contributed by atoms with Crippen molar-refractivity contribution in [2.24, 2.45) is 0 Å². The summed E-state index contributed by atoms with van der Waals surface area (Å²) in [5.41, 5.74) is -0.535. The number of esters is 1. The third kappa shape index (κ3) is 4.16.